The van der Waals surface area contributed by atoms with Crippen LogP contribution in [0.2, 0.25) is 0 Å². The van der Waals surface area contributed by atoms with E-state index in [9.17, 15) is 9.00 Å². The minimum atomic E-state index is -1.34. The lowest BCUT2D eigenvalue weighted by Gasteiger charge is -2.12. The first-order valence-corrected chi connectivity index (χ1v) is 6.17. The number of carboxylic acid groups (broad SMARTS) is 1. The molecule has 2 N–H and O–H groups in total. The highest BCUT2D eigenvalue weighted by Gasteiger charge is 2.19. The fourth-order valence-electron chi connectivity index (χ4n) is 1.34. The van der Waals surface area contributed by atoms with Crippen LogP contribution in [0.3, 0.4) is 0 Å². The monoisotopic (exact) mass is 242 g/mol. The molecule has 16 heavy (non-hydrogen) atoms. The highest BCUT2D eigenvalue weighted by atomic mass is 32.2. The quantitative estimate of drug-likeness (QED) is 0.825. The van der Waals surface area contributed by atoms with Crippen LogP contribution in [-0.2, 0) is 15.6 Å². The van der Waals surface area contributed by atoms with Crippen molar-refractivity contribution in [2.75, 3.05) is 0 Å². The van der Waals surface area contributed by atoms with Gasteiger partial charge in [-0.25, -0.2) is 0 Å². The molecule has 4 nitrogen and oxygen atoms in total. The molecule has 0 saturated carbocycles. The lowest BCUT2D eigenvalue weighted by Crippen LogP contribution is -2.18. The Morgan fingerprint density at radius 2 is 1.94 bits per heavy atom. The number of aliphatic carboxylic acids is 1. The SMILES string of the molecule is CCC(CC(=O)O)S(=O)c1ccc(O)cc1. The van der Waals surface area contributed by atoms with E-state index in [0.29, 0.717) is 11.3 Å². The van der Waals surface area contributed by atoms with Crippen molar-refractivity contribution in [3.8, 4) is 5.75 Å². The van der Waals surface area contributed by atoms with Crippen LogP contribution < -0.4 is 0 Å². The molecule has 0 aliphatic heterocycles. The summed E-state index contributed by atoms with van der Waals surface area (Å²) in [6, 6.07) is 5.99. The topological polar surface area (TPSA) is 74.6 Å². The van der Waals surface area contributed by atoms with Crippen LogP contribution in [0.5, 0.6) is 5.75 Å². The molecule has 88 valence electrons. The normalized spacial score (nSPS) is 14.3. The summed E-state index contributed by atoms with van der Waals surface area (Å²) in [4.78, 5) is 11.1. The predicted molar refractivity (Wildman–Crippen MR) is 60.8 cm³/mol. The van der Waals surface area contributed by atoms with Crippen LogP contribution in [0.1, 0.15) is 19.8 Å². The second kappa shape index (κ2) is 5.65. The van der Waals surface area contributed by atoms with Gasteiger partial charge in [0.05, 0.1) is 17.2 Å². The van der Waals surface area contributed by atoms with Gasteiger partial charge in [-0.3, -0.25) is 9.00 Å². The number of phenols is 1. The Bertz CT molecular complexity index is 385. The number of phenolic OH excluding ortho intramolecular Hbond substituents is 1. The number of benzene rings is 1. The Morgan fingerprint density at radius 1 is 1.38 bits per heavy atom. The first-order valence-electron chi connectivity index (χ1n) is 4.96. The van der Waals surface area contributed by atoms with Crippen molar-refractivity contribution in [2.45, 2.75) is 29.9 Å². The van der Waals surface area contributed by atoms with E-state index in [1.807, 2.05) is 6.92 Å². The van der Waals surface area contributed by atoms with Crippen molar-refractivity contribution in [2.24, 2.45) is 0 Å². The largest absolute Gasteiger partial charge is 0.508 e. The van der Waals surface area contributed by atoms with Gasteiger partial charge in [-0.15, -0.1) is 0 Å². The molecule has 5 heteroatoms. The number of aromatic hydroxyl groups is 1. The summed E-state index contributed by atoms with van der Waals surface area (Å²) >= 11 is 0. The third kappa shape index (κ3) is 3.34. The molecule has 1 rings (SSSR count). The molecule has 0 aliphatic rings. The van der Waals surface area contributed by atoms with Crippen LogP contribution >= 0.6 is 0 Å². The Labute approximate surface area is 96.4 Å². The van der Waals surface area contributed by atoms with Gasteiger partial charge in [0, 0.05) is 10.1 Å². The molecule has 1 aromatic rings. The number of rotatable bonds is 5. The molecular formula is C11H14O4S. The Balaban J connectivity index is 2.82. The van der Waals surface area contributed by atoms with Gasteiger partial charge in [0.15, 0.2) is 0 Å². The Kier molecular flexibility index (Phi) is 4.49. The molecule has 0 aromatic heterocycles. The van der Waals surface area contributed by atoms with Gasteiger partial charge in [-0.2, -0.15) is 0 Å². The van der Waals surface area contributed by atoms with E-state index >= 15 is 0 Å². The smallest absolute Gasteiger partial charge is 0.304 e. The van der Waals surface area contributed by atoms with Gasteiger partial charge in [0.1, 0.15) is 5.75 Å². The maximum Gasteiger partial charge on any atom is 0.304 e. The van der Waals surface area contributed by atoms with Gasteiger partial charge >= 0.3 is 5.97 Å². The average Bonchev–Trinajstić information content (AvgIpc) is 2.25. The maximum atomic E-state index is 12.0. The fraction of sp³-hybridized carbons (Fsp3) is 0.364. The van der Waals surface area contributed by atoms with E-state index in [2.05, 4.69) is 0 Å². The third-order valence-corrected chi connectivity index (χ3v) is 4.07. The molecule has 0 spiro atoms. The van der Waals surface area contributed by atoms with E-state index in [-0.39, 0.29) is 17.4 Å². The van der Waals surface area contributed by atoms with Crippen molar-refractivity contribution in [1.82, 2.24) is 0 Å². The number of carbonyl (C=O) groups is 1. The van der Waals surface area contributed by atoms with E-state index in [0.717, 1.165) is 0 Å². The molecule has 1 aromatic carbocycles. The third-order valence-electron chi connectivity index (χ3n) is 2.23. The fourth-order valence-corrected chi connectivity index (χ4v) is 2.72. The molecular weight excluding hydrogens is 228 g/mol. The van der Waals surface area contributed by atoms with Crippen LogP contribution in [0, 0.1) is 0 Å². The molecule has 0 saturated heterocycles. The second-order valence-electron chi connectivity index (χ2n) is 3.42. The van der Waals surface area contributed by atoms with Crippen LogP contribution in [-0.4, -0.2) is 25.6 Å². The first kappa shape index (κ1) is 12.7. The van der Waals surface area contributed by atoms with Gasteiger partial charge < -0.3 is 10.2 Å². The van der Waals surface area contributed by atoms with Crippen LogP contribution in [0.4, 0.5) is 0 Å². The lowest BCUT2D eigenvalue weighted by atomic mass is 10.2. The highest BCUT2D eigenvalue weighted by Crippen LogP contribution is 2.19. The molecule has 0 heterocycles. The van der Waals surface area contributed by atoms with E-state index in [1.165, 1.54) is 12.1 Å². The molecule has 2 unspecified atom stereocenters. The summed E-state index contributed by atoms with van der Waals surface area (Å²) in [7, 11) is -1.34. The van der Waals surface area contributed by atoms with E-state index in [1.54, 1.807) is 12.1 Å². The van der Waals surface area contributed by atoms with Gasteiger partial charge in [-0.1, -0.05) is 6.92 Å². The average molecular weight is 242 g/mol. The molecule has 0 aliphatic carbocycles. The van der Waals surface area contributed by atoms with Gasteiger partial charge in [0.2, 0.25) is 0 Å². The second-order valence-corrected chi connectivity index (χ2v) is 5.15. The zero-order valence-corrected chi connectivity index (χ0v) is 9.74. The summed E-state index contributed by atoms with van der Waals surface area (Å²) in [5, 5.41) is 17.4. The summed E-state index contributed by atoms with van der Waals surface area (Å²) in [6.45, 7) is 1.81. The van der Waals surface area contributed by atoms with E-state index in [4.69, 9.17) is 10.2 Å². The summed E-state index contributed by atoms with van der Waals surface area (Å²) in [5.41, 5.74) is 0. The van der Waals surface area contributed by atoms with Crippen molar-refractivity contribution < 1.29 is 19.2 Å². The standard InChI is InChI=1S/C11H14O4S/c1-2-9(7-11(13)14)16(15)10-5-3-8(12)4-6-10/h3-6,9,12H,2,7H2,1H3,(H,13,14). The molecule has 0 amide bonds. The number of hydrogen-bond donors (Lipinski definition) is 2. The minimum Gasteiger partial charge on any atom is -0.508 e. The van der Waals surface area contributed by atoms with Crippen molar-refractivity contribution in [1.29, 1.82) is 0 Å². The summed E-state index contributed by atoms with van der Waals surface area (Å²) in [6.07, 6.45) is 0.434. The molecule has 0 bridgehead atoms. The minimum absolute atomic E-state index is 0.104. The van der Waals surface area contributed by atoms with Crippen LogP contribution in [0.15, 0.2) is 29.2 Å². The zero-order valence-electron chi connectivity index (χ0n) is 8.92. The molecule has 0 fully saturated rings. The number of hydrogen-bond acceptors (Lipinski definition) is 3. The van der Waals surface area contributed by atoms with Gasteiger partial charge in [-0.05, 0) is 30.7 Å². The first-order chi connectivity index (χ1) is 7.54. The maximum absolute atomic E-state index is 12.0. The summed E-state index contributed by atoms with van der Waals surface area (Å²) in [5.74, 6) is -0.842. The molecule has 0 radical (unpaired) electrons. The Morgan fingerprint density at radius 3 is 2.38 bits per heavy atom. The van der Waals surface area contributed by atoms with Crippen LogP contribution in [0.25, 0.3) is 0 Å². The van der Waals surface area contributed by atoms with Crippen molar-refractivity contribution >= 4 is 16.8 Å². The zero-order chi connectivity index (χ0) is 12.1. The highest BCUT2D eigenvalue weighted by molar-refractivity contribution is 7.85. The lowest BCUT2D eigenvalue weighted by molar-refractivity contribution is -0.137. The summed E-state index contributed by atoms with van der Waals surface area (Å²) < 4.78 is 12.0. The van der Waals surface area contributed by atoms with Gasteiger partial charge in [0.25, 0.3) is 0 Å². The number of carboxylic acids is 1. The molecule has 2 atom stereocenters. The Hall–Kier alpha value is -1.36. The van der Waals surface area contributed by atoms with Crippen molar-refractivity contribution in [3.63, 3.8) is 0 Å². The van der Waals surface area contributed by atoms with Crippen molar-refractivity contribution in [3.05, 3.63) is 24.3 Å². The predicted octanol–water partition coefficient (Wildman–Crippen LogP) is 1.75. The van der Waals surface area contributed by atoms with E-state index < -0.39 is 16.8 Å².